The molecule has 0 unspecified atom stereocenters. The summed E-state index contributed by atoms with van der Waals surface area (Å²) in [6.07, 6.45) is 8.57. The lowest BCUT2D eigenvalue weighted by atomic mass is 10.1. The summed E-state index contributed by atoms with van der Waals surface area (Å²) in [6.45, 7) is 19.3. The molecule has 200 valence electrons. The zero-order chi connectivity index (χ0) is 26.9. The molecule has 2 aromatic heterocycles. The Morgan fingerprint density at radius 3 is 1.03 bits per heavy atom. The molecule has 0 aliphatic heterocycles. The summed E-state index contributed by atoms with van der Waals surface area (Å²) in [6, 6.07) is -0.0966. The third kappa shape index (κ3) is 9.74. The van der Waals surface area contributed by atoms with E-state index in [-0.39, 0.29) is 62.5 Å². The first kappa shape index (κ1) is 29.0. The smallest absolute Gasteiger partial charge is 0.329 e. The highest BCUT2D eigenvalue weighted by Gasteiger charge is 2.36. The maximum atomic E-state index is 6.26. The van der Waals surface area contributed by atoms with E-state index in [9.17, 15) is 0 Å². The fraction of sp³-hybridized carbons (Fsp3) is 0.440. The van der Waals surface area contributed by atoms with E-state index in [1.807, 2.05) is 13.8 Å². The number of aromatic nitrogens is 6. The Morgan fingerprint density at radius 2 is 0.784 bits per heavy atom. The number of nitrogens with zero attached hydrogens (tertiary/aromatic N) is 6. The van der Waals surface area contributed by atoms with Crippen molar-refractivity contribution in [3.05, 3.63) is 50.6 Å². The Kier molecular flexibility index (Phi) is 12.3. The van der Waals surface area contributed by atoms with Crippen LogP contribution in [0.1, 0.15) is 39.5 Å². The van der Waals surface area contributed by atoms with Crippen LogP contribution >= 0.6 is 0 Å². The SMILES string of the molecule is C=CCOc1nc(OCC=C)nc(OC(CCC)(CCC)Oc2nc(OCC=C)nc(OCC=C)n2)n1. The van der Waals surface area contributed by atoms with Gasteiger partial charge in [-0.3, -0.25) is 0 Å². The number of hydrogen-bond acceptors (Lipinski definition) is 12. The molecule has 37 heavy (non-hydrogen) atoms. The molecule has 0 aromatic carbocycles. The summed E-state index contributed by atoms with van der Waals surface area (Å²) < 4.78 is 34.5. The van der Waals surface area contributed by atoms with E-state index in [4.69, 9.17) is 28.4 Å². The van der Waals surface area contributed by atoms with Gasteiger partial charge in [0.25, 0.3) is 5.79 Å². The Bertz CT molecular complexity index is 893. The highest BCUT2D eigenvalue weighted by molar-refractivity contribution is 5.13. The van der Waals surface area contributed by atoms with Crippen LogP contribution in [-0.4, -0.2) is 62.1 Å². The van der Waals surface area contributed by atoms with E-state index in [2.05, 4.69) is 56.2 Å². The zero-order valence-corrected chi connectivity index (χ0v) is 21.4. The molecular formula is C25H34N6O6. The molecule has 0 N–H and O–H groups in total. The molecule has 0 atom stereocenters. The van der Waals surface area contributed by atoms with Crippen LogP contribution in [0, 0.1) is 0 Å². The van der Waals surface area contributed by atoms with Crippen molar-refractivity contribution in [2.75, 3.05) is 26.4 Å². The van der Waals surface area contributed by atoms with Crippen LogP contribution < -0.4 is 28.4 Å². The van der Waals surface area contributed by atoms with Crippen molar-refractivity contribution < 1.29 is 28.4 Å². The van der Waals surface area contributed by atoms with E-state index < -0.39 is 5.79 Å². The minimum atomic E-state index is -1.25. The van der Waals surface area contributed by atoms with Crippen LogP contribution in [0.2, 0.25) is 0 Å². The second kappa shape index (κ2) is 15.7. The van der Waals surface area contributed by atoms with Gasteiger partial charge in [0.2, 0.25) is 0 Å². The Labute approximate surface area is 217 Å². The van der Waals surface area contributed by atoms with Crippen molar-refractivity contribution in [1.82, 2.24) is 29.9 Å². The molecule has 0 spiro atoms. The van der Waals surface area contributed by atoms with Crippen molar-refractivity contribution in [1.29, 1.82) is 0 Å². The van der Waals surface area contributed by atoms with E-state index in [1.54, 1.807) is 24.3 Å². The average molecular weight is 515 g/mol. The number of hydrogen-bond donors (Lipinski definition) is 0. The second-order valence-corrected chi connectivity index (χ2v) is 7.38. The molecule has 0 saturated carbocycles. The topological polar surface area (TPSA) is 133 Å². The maximum absolute atomic E-state index is 6.26. The quantitative estimate of drug-likeness (QED) is 0.186. The Morgan fingerprint density at radius 1 is 0.514 bits per heavy atom. The first-order chi connectivity index (χ1) is 18.0. The van der Waals surface area contributed by atoms with E-state index in [0.717, 1.165) is 0 Å². The third-order valence-electron chi connectivity index (χ3n) is 4.29. The molecule has 0 saturated heterocycles. The summed E-state index contributed by atoms with van der Waals surface area (Å²) in [4.78, 5) is 25.3. The zero-order valence-electron chi connectivity index (χ0n) is 21.4. The van der Waals surface area contributed by atoms with Crippen molar-refractivity contribution >= 4 is 0 Å². The largest absolute Gasteiger partial charge is 0.459 e. The summed E-state index contributed by atoms with van der Waals surface area (Å²) in [7, 11) is 0. The van der Waals surface area contributed by atoms with Crippen LogP contribution in [0.5, 0.6) is 36.1 Å². The maximum Gasteiger partial charge on any atom is 0.329 e. The molecule has 2 heterocycles. The van der Waals surface area contributed by atoms with Gasteiger partial charge in [-0.1, -0.05) is 64.5 Å². The fourth-order valence-corrected chi connectivity index (χ4v) is 2.97. The molecule has 0 radical (unpaired) electrons. The van der Waals surface area contributed by atoms with Gasteiger partial charge in [0.1, 0.15) is 26.4 Å². The monoisotopic (exact) mass is 514 g/mol. The lowest BCUT2D eigenvalue weighted by molar-refractivity contribution is -0.136. The van der Waals surface area contributed by atoms with Crippen LogP contribution in [-0.2, 0) is 0 Å². The summed E-state index contributed by atoms with van der Waals surface area (Å²) in [5.41, 5.74) is 0. The molecule has 12 heteroatoms. The predicted molar refractivity (Wildman–Crippen MR) is 136 cm³/mol. The summed E-state index contributed by atoms with van der Waals surface area (Å²) >= 11 is 0. The Balaban J connectivity index is 2.47. The number of ether oxygens (including phenoxy) is 6. The van der Waals surface area contributed by atoms with Crippen molar-refractivity contribution in [3.63, 3.8) is 0 Å². The number of rotatable bonds is 20. The van der Waals surface area contributed by atoms with Crippen LogP contribution in [0.25, 0.3) is 0 Å². The fourth-order valence-electron chi connectivity index (χ4n) is 2.97. The minimum Gasteiger partial charge on any atom is -0.459 e. The second-order valence-electron chi connectivity index (χ2n) is 7.38. The molecular weight excluding hydrogens is 480 g/mol. The molecule has 0 aliphatic carbocycles. The van der Waals surface area contributed by atoms with Crippen molar-refractivity contribution in [2.24, 2.45) is 0 Å². The molecule has 0 amide bonds. The van der Waals surface area contributed by atoms with E-state index in [0.29, 0.717) is 25.7 Å². The van der Waals surface area contributed by atoms with Gasteiger partial charge >= 0.3 is 36.1 Å². The van der Waals surface area contributed by atoms with Gasteiger partial charge in [0.15, 0.2) is 0 Å². The van der Waals surface area contributed by atoms with Gasteiger partial charge in [0, 0.05) is 12.8 Å². The van der Waals surface area contributed by atoms with Crippen LogP contribution in [0.3, 0.4) is 0 Å². The third-order valence-corrected chi connectivity index (χ3v) is 4.29. The van der Waals surface area contributed by atoms with Gasteiger partial charge in [0.05, 0.1) is 0 Å². The van der Waals surface area contributed by atoms with Crippen LogP contribution in [0.15, 0.2) is 50.6 Å². The average Bonchev–Trinajstić information content (AvgIpc) is 2.88. The molecule has 2 rings (SSSR count). The highest BCUT2D eigenvalue weighted by atomic mass is 16.7. The molecule has 0 aliphatic rings. The minimum absolute atomic E-state index is 0.00578. The standard InChI is InChI=1S/C25H34N6O6/c1-7-13-25(14-8-2,36-23-28-19(32-15-9-3)26-20(29-23)33-16-10-4)37-24-30-21(34-17-11-5)27-22(31-24)35-18-12-6/h9-12H,3-8,13-18H2,1-2H3. The van der Waals surface area contributed by atoms with Crippen LogP contribution in [0.4, 0.5) is 0 Å². The lowest BCUT2D eigenvalue weighted by Gasteiger charge is -2.32. The molecule has 12 nitrogen and oxygen atoms in total. The summed E-state index contributed by atoms with van der Waals surface area (Å²) in [5, 5.41) is 0. The normalized spacial score (nSPS) is 10.6. The molecule has 2 aromatic rings. The van der Waals surface area contributed by atoms with Gasteiger partial charge in [-0.2, -0.15) is 0 Å². The van der Waals surface area contributed by atoms with E-state index >= 15 is 0 Å². The molecule has 0 bridgehead atoms. The van der Waals surface area contributed by atoms with Gasteiger partial charge in [-0.15, -0.1) is 29.9 Å². The van der Waals surface area contributed by atoms with Crippen molar-refractivity contribution in [3.8, 4) is 36.1 Å². The first-order valence-corrected chi connectivity index (χ1v) is 11.9. The predicted octanol–water partition coefficient (Wildman–Crippen LogP) is 4.07. The highest BCUT2D eigenvalue weighted by Crippen LogP contribution is 2.30. The van der Waals surface area contributed by atoms with Gasteiger partial charge in [-0.05, 0) is 12.8 Å². The van der Waals surface area contributed by atoms with Gasteiger partial charge in [-0.25, -0.2) is 0 Å². The van der Waals surface area contributed by atoms with E-state index in [1.165, 1.54) is 0 Å². The summed E-state index contributed by atoms with van der Waals surface area (Å²) in [5.74, 6) is -1.25. The van der Waals surface area contributed by atoms with Crippen molar-refractivity contribution in [2.45, 2.75) is 45.3 Å². The first-order valence-electron chi connectivity index (χ1n) is 11.9. The molecule has 0 fully saturated rings. The lowest BCUT2D eigenvalue weighted by Crippen LogP contribution is -2.43. The Hall–Kier alpha value is -4.22. The van der Waals surface area contributed by atoms with Gasteiger partial charge < -0.3 is 28.4 Å².